The van der Waals surface area contributed by atoms with E-state index in [9.17, 15) is 9.59 Å². The van der Waals surface area contributed by atoms with E-state index < -0.39 is 0 Å². The lowest BCUT2D eigenvalue weighted by atomic mass is 10.1. The summed E-state index contributed by atoms with van der Waals surface area (Å²) in [6, 6.07) is 16.2. The molecule has 1 atom stereocenters. The summed E-state index contributed by atoms with van der Waals surface area (Å²) in [7, 11) is 0. The van der Waals surface area contributed by atoms with E-state index in [1.807, 2.05) is 37.3 Å². The summed E-state index contributed by atoms with van der Waals surface area (Å²) in [5.74, 6) is -0.268. The molecule has 1 unspecified atom stereocenters. The Bertz CT molecular complexity index is 647. The Labute approximate surface area is 117 Å². The van der Waals surface area contributed by atoms with Crippen molar-refractivity contribution in [1.82, 2.24) is 5.32 Å². The molecule has 4 heteroatoms. The number of isocyanates is 1. The molecule has 0 saturated heterocycles. The average molecular weight is 266 g/mol. The van der Waals surface area contributed by atoms with Crippen LogP contribution in [0.3, 0.4) is 0 Å². The molecule has 0 fully saturated rings. The van der Waals surface area contributed by atoms with E-state index in [0.29, 0.717) is 11.3 Å². The van der Waals surface area contributed by atoms with Crippen molar-refractivity contribution in [2.75, 3.05) is 0 Å². The number of aliphatic imine (C=N–C) groups is 1. The maximum atomic E-state index is 12.2. The quantitative estimate of drug-likeness (QED) is 0.682. The van der Waals surface area contributed by atoms with Crippen LogP contribution < -0.4 is 5.32 Å². The minimum atomic E-state index is -0.268. The third-order valence-corrected chi connectivity index (χ3v) is 2.96. The highest BCUT2D eigenvalue weighted by molar-refractivity contribution is 5.99. The molecule has 2 aromatic carbocycles. The Morgan fingerprint density at radius 3 is 2.45 bits per heavy atom. The highest BCUT2D eigenvalue weighted by atomic mass is 16.1. The Hall–Kier alpha value is -2.71. The van der Waals surface area contributed by atoms with E-state index in [1.54, 1.807) is 24.3 Å². The SMILES string of the molecule is CC(NC(=O)c1ccccc1N=C=O)c1ccccc1. The molecular weight excluding hydrogens is 252 g/mol. The van der Waals surface area contributed by atoms with Gasteiger partial charge in [-0.25, -0.2) is 4.79 Å². The van der Waals surface area contributed by atoms with Crippen LogP contribution in [0.25, 0.3) is 0 Å². The number of para-hydroxylation sites is 1. The van der Waals surface area contributed by atoms with E-state index in [4.69, 9.17) is 0 Å². The van der Waals surface area contributed by atoms with Crippen LogP contribution in [0.1, 0.15) is 28.9 Å². The number of amides is 1. The van der Waals surface area contributed by atoms with Gasteiger partial charge in [-0.1, -0.05) is 42.5 Å². The summed E-state index contributed by atoms with van der Waals surface area (Å²) >= 11 is 0. The summed E-state index contributed by atoms with van der Waals surface area (Å²) in [6.07, 6.45) is 1.46. The fraction of sp³-hybridized carbons (Fsp3) is 0.125. The zero-order valence-electron chi connectivity index (χ0n) is 11.0. The number of rotatable bonds is 4. The lowest BCUT2D eigenvalue weighted by Crippen LogP contribution is -2.26. The minimum absolute atomic E-state index is 0.128. The van der Waals surface area contributed by atoms with E-state index in [0.717, 1.165) is 5.56 Å². The molecule has 1 N–H and O–H groups in total. The van der Waals surface area contributed by atoms with Gasteiger partial charge in [-0.15, -0.1) is 0 Å². The van der Waals surface area contributed by atoms with E-state index >= 15 is 0 Å². The number of carbonyl (C=O) groups is 1. The first-order chi connectivity index (χ1) is 9.72. The second-order valence-electron chi connectivity index (χ2n) is 4.33. The zero-order chi connectivity index (χ0) is 14.4. The molecule has 0 bridgehead atoms. The van der Waals surface area contributed by atoms with Crippen molar-refractivity contribution in [3.63, 3.8) is 0 Å². The van der Waals surface area contributed by atoms with Crippen molar-refractivity contribution in [3.05, 3.63) is 65.7 Å². The van der Waals surface area contributed by atoms with Crippen LogP contribution in [0.4, 0.5) is 5.69 Å². The number of benzene rings is 2. The number of carbonyl (C=O) groups excluding carboxylic acids is 2. The lowest BCUT2D eigenvalue weighted by Gasteiger charge is -2.14. The predicted molar refractivity (Wildman–Crippen MR) is 76.5 cm³/mol. The van der Waals surface area contributed by atoms with E-state index in [1.165, 1.54) is 6.08 Å². The van der Waals surface area contributed by atoms with Gasteiger partial charge in [-0.05, 0) is 24.6 Å². The van der Waals surface area contributed by atoms with Crippen molar-refractivity contribution < 1.29 is 9.59 Å². The molecule has 4 nitrogen and oxygen atoms in total. The Morgan fingerprint density at radius 2 is 1.75 bits per heavy atom. The number of nitrogens with zero attached hydrogens (tertiary/aromatic N) is 1. The zero-order valence-corrected chi connectivity index (χ0v) is 11.0. The largest absolute Gasteiger partial charge is 0.345 e. The molecule has 0 aromatic heterocycles. The maximum Gasteiger partial charge on any atom is 0.253 e. The molecule has 0 radical (unpaired) electrons. The first kappa shape index (κ1) is 13.7. The maximum absolute atomic E-state index is 12.2. The number of nitrogens with one attached hydrogen (secondary N) is 1. The molecule has 0 aliphatic rings. The van der Waals surface area contributed by atoms with Crippen molar-refractivity contribution in [2.45, 2.75) is 13.0 Å². The second kappa shape index (κ2) is 6.45. The molecule has 0 spiro atoms. The van der Waals surface area contributed by atoms with Gasteiger partial charge < -0.3 is 5.32 Å². The number of hydrogen-bond donors (Lipinski definition) is 1. The van der Waals surface area contributed by atoms with Crippen molar-refractivity contribution in [1.29, 1.82) is 0 Å². The van der Waals surface area contributed by atoms with Crippen molar-refractivity contribution in [3.8, 4) is 0 Å². The fourth-order valence-electron chi connectivity index (χ4n) is 1.91. The number of hydrogen-bond acceptors (Lipinski definition) is 3. The molecule has 0 aliphatic heterocycles. The summed E-state index contributed by atoms with van der Waals surface area (Å²) < 4.78 is 0. The van der Waals surface area contributed by atoms with Gasteiger partial charge in [0.1, 0.15) is 0 Å². The monoisotopic (exact) mass is 266 g/mol. The van der Waals surface area contributed by atoms with Crippen LogP contribution in [0.15, 0.2) is 59.6 Å². The standard InChI is InChI=1S/C16H14N2O2/c1-12(13-7-3-2-4-8-13)18-16(20)14-9-5-6-10-15(14)17-11-19/h2-10,12H,1H3,(H,18,20). The summed E-state index contributed by atoms with van der Waals surface area (Å²) in [4.78, 5) is 26.1. The van der Waals surface area contributed by atoms with Gasteiger partial charge in [0.05, 0.1) is 17.3 Å². The van der Waals surface area contributed by atoms with Crippen LogP contribution in [0, 0.1) is 0 Å². The van der Waals surface area contributed by atoms with Crippen molar-refractivity contribution >= 4 is 17.7 Å². The van der Waals surface area contributed by atoms with Crippen LogP contribution in [-0.2, 0) is 4.79 Å². The second-order valence-corrected chi connectivity index (χ2v) is 4.33. The summed E-state index contributed by atoms with van der Waals surface area (Å²) in [5, 5.41) is 2.88. The van der Waals surface area contributed by atoms with E-state index in [2.05, 4.69) is 10.3 Å². The van der Waals surface area contributed by atoms with Gasteiger partial charge >= 0.3 is 0 Å². The Morgan fingerprint density at radius 1 is 1.10 bits per heavy atom. The lowest BCUT2D eigenvalue weighted by molar-refractivity contribution is 0.0940. The summed E-state index contributed by atoms with van der Waals surface area (Å²) in [5.41, 5.74) is 1.69. The van der Waals surface area contributed by atoms with Gasteiger partial charge in [0.2, 0.25) is 6.08 Å². The topological polar surface area (TPSA) is 58.5 Å². The molecule has 1 amide bonds. The highest BCUT2D eigenvalue weighted by Gasteiger charge is 2.14. The van der Waals surface area contributed by atoms with Gasteiger partial charge in [0.25, 0.3) is 5.91 Å². The molecular formula is C16H14N2O2. The van der Waals surface area contributed by atoms with Gasteiger partial charge in [-0.3, -0.25) is 4.79 Å². The fourth-order valence-corrected chi connectivity index (χ4v) is 1.91. The van der Waals surface area contributed by atoms with Gasteiger partial charge in [0, 0.05) is 0 Å². The summed E-state index contributed by atoms with van der Waals surface area (Å²) in [6.45, 7) is 1.90. The van der Waals surface area contributed by atoms with E-state index in [-0.39, 0.29) is 11.9 Å². The highest BCUT2D eigenvalue weighted by Crippen LogP contribution is 2.19. The van der Waals surface area contributed by atoms with Crippen LogP contribution in [0.2, 0.25) is 0 Å². The van der Waals surface area contributed by atoms with Gasteiger partial charge in [0.15, 0.2) is 0 Å². The predicted octanol–water partition coefficient (Wildman–Crippen LogP) is 3.14. The molecule has 2 rings (SSSR count). The molecule has 0 heterocycles. The average Bonchev–Trinajstić information content (AvgIpc) is 2.49. The van der Waals surface area contributed by atoms with Crippen LogP contribution in [0.5, 0.6) is 0 Å². The first-order valence-corrected chi connectivity index (χ1v) is 6.25. The van der Waals surface area contributed by atoms with Crippen LogP contribution >= 0.6 is 0 Å². The molecule has 2 aromatic rings. The third kappa shape index (κ3) is 3.19. The van der Waals surface area contributed by atoms with Crippen LogP contribution in [-0.4, -0.2) is 12.0 Å². The molecule has 100 valence electrons. The Balaban J connectivity index is 2.19. The Kier molecular flexibility index (Phi) is 4.43. The molecule has 0 aliphatic carbocycles. The van der Waals surface area contributed by atoms with Gasteiger partial charge in [-0.2, -0.15) is 4.99 Å². The minimum Gasteiger partial charge on any atom is -0.345 e. The smallest absolute Gasteiger partial charge is 0.253 e. The molecule has 0 saturated carbocycles. The molecule has 20 heavy (non-hydrogen) atoms. The first-order valence-electron chi connectivity index (χ1n) is 6.25. The normalized spacial score (nSPS) is 11.2. The third-order valence-electron chi connectivity index (χ3n) is 2.96. The van der Waals surface area contributed by atoms with Crippen molar-refractivity contribution in [2.24, 2.45) is 4.99 Å².